The van der Waals surface area contributed by atoms with Gasteiger partial charge in [-0.1, -0.05) is 17.7 Å². The van der Waals surface area contributed by atoms with E-state index in [9.17, 15) is 9.59 Å². The van der Waals surface area contributed by atoms with Gasteiger partial charge < -0.3 is 15.0 Å². The molecule has 0 spiro atoms. The lowest BCUT2D eigenvalue weighted by Gasteiger charge is -2.09. The molecule has 1 heterocycles. The molecule has 0 unspecified atom stereocenters. The van der Waals surface area contributed by atoms with Crippen LogP contribution in [-0.2, 0) is 11.2 Å². The highest BCUT2D eigenvalue weighted by atomic mass is 16.5. The molecule has 1 amide bonds. The number of anilines is 1. The average Bonchev–Trinajstić information content (AvgIpc) is 2.61. The van der Waals surface area contributed by atoms with Crippen molar-refractivity contribution in [1.82, 2.24) is 4.98 Å². The zero-order chi connectivity index (χ0) is 18.7. The van der Waals surface area contributed by atoms with Gasteiger partial charge in [-0.25, -0.2) is 0 Å². The Morgan fingerprint density at radius 1 is 1.12 bits per heavy atom. The van der Waals surface area contributed by atoms with E-state index in [-0.39, 0.29) is 17.9 Å². The molecule has 1 aromatic heterocycles. The van der Waals surface area contributed by atoms with Crippen LogP contribution in [0.25, 0.3) is 10.9 Å². The first-order chi connectivity index (χ1) is 12.5. The fourth-order valence-corrected chi connectivity index (χ4v) is 2.95. The largest absolute Gasteiger partial charge is 0.497 e. The molecule has 5 nitrogen and oxygen atoms in total. The monoisotopic (exact) mass is 350 g/mol. The number of hydrogen-bond acceptors (Lipinski definition) is 3. The second-order valence-electron chi connectivity index (χ2n) is 6.44. The minimum atomic E-state index is -0.176. The molecular formula is C21H22N2O3. The molecule has 0 aliphatic carbocycles. The van der Waals surface area contributed by atoms with E-state index in [0.717, 1.165) is 27.7 Å². The number of aryl methyl sites for hydroxylation is 3. The van der Waals surface area contributed by atoms with E-state index in [1.165, 1.54) is 0 Å². The number of pyridine rings is 1. The van der Waals surface area contributed by atoms with Crippen LogP contribution in [0.15, 0.2) is 47.3 Å². The van der Waals surface area contributed by atoms with E-state index in [1.807, 2.05) is 50.2 Å². The highest BCUT2D eigenvalue weighted by Gasteiger charge is 2.09. The second kappa shape index (κ2) is 7.44. The van der Waals surface area contributed by atoms with Crippen molar-refractivity contribution in [2.24, 2.45) is 0 Å². The number of rotatable bonds is 5. The SMILES string of the molecule is COc1ccc2cc(CCC(=O)Nc3ccc(C)cc3C)c(=O)[nH]c2c1. The molecule has 0 saturated heterocycles. The third kappa shape index (κ3) is 3.94. The molecule has 0 atom stereocenters. The van der Waals surface area contributed by atoms with E-state index >= 15 is 0 Å². The summed E-state index contributed by atoms with van der Waals surface area (Å²) in [6, 6.07) is 13.2. The Bertz CT molecular complexity index is 1020. The van der Waals surface area contributed by atoms with Gasteiger partial charge in [0.15, 0.2) is 0 Å². The van der Waals surface area contributed by atoms with Crippen molar-refractivity contribution in [2.75, 3.05) is 12.4 Å². The molecule has 134 valence electrons. The summed E-state index contributed by atoms with van der Waals surface area (Å²) in [5.74, 6) is 0.583. The van der Waals surface area contributed by atoms with Crippen molar-refractivity contribution >= 4 is 22.5 Å². The number of nitrogens with one attached hydrogen (secondary N) is 2. The highest BCUT2D eigenvalue weighted by molar-refractivity contribution is 5.91. The summed E-state index contributed by atoms with van der Waals surface area (Å²) in [4.78, 5) is 27.4. The van der Waals surface area contributed by atoms with Crippen LogP contribution in [0.3, 0.4) is 0 Å². The number of fused-ring (bicyclic) bond motifs is 1. The molecule has 0 saturated carbocycles. The number of methoxy groups -OCH3 is 1. The Balaban J connectivity index is 1.71. The molecule has 3 rings (SSSR count). The quantitative estimate of drug-likeness (QED) is 0.737. The molecule has 0 fully saturated rings. The van der Waals surface area contributed by atoms with Crippen LogP contribution < -0.4 is 15.6 Å². The summed E-state index contributed by atoms with van der Waals surface area (Å²) in [5.41, 5.74) is 4.12. The van der Waals surface area contributed by atoms with Crippen LogP contribution >= 0.6 is 0 Å². The lowest BCUT2D eigenvalue weighted by atomic mass is 10.1. The van der Waals surface area contributed by atoms with Crippen molar-refractivity contribution in [3.63, 3.8) is 0 Å². The number of H-pyrrole nitrogens is 1. The van der Waals surface area contributed by atoms with Crippen LogP contribution in [0, 0.1) is 13.8 Å². The van der Waals surface area contributed by atoms with E-state index in [1.54, 1.807) is 13.2 Å². The molecular weight excluding hydrogens is 328 g/mol. The van der Waals surface area contributed by atoms with E-state index in [0.29, 0.717) is 17.7 Å². The minimum absolute atomic E-state index is 0.105. The van der Waals surface area contributed by atoms with Gasteiger partial charge in [0.05, 0.1) is 12.6 Å². The molecule has 0 radical (unpaired) electrons. The molecule has 0 aliphatic rings. The van der Waals surface area contributed by atoms with Gasteiger partial charge in [-0.3, -0.25) is 9.59 Å². The molecule has 26 heavy (non-hydrogen) atoms. The normalized spacial score (nSPS) is 10.7. The lowest BCUT2D eigenvalue weighted by Crippen LogP contribution is -2.17. The number of carbonyl (C=O) groups excluding carboxylic acids is 1. The Morgan fingerprint density at radius 3 is 2.65 bits per heavy atom. The number of aromatic nitrogens is 1. The standard InChI is InChI=1S/C21H22N2O3/c1-13-4-8-18(14(2)10-13)22-20(24)9-6-16-11-15-5-7-17(26-3)12-19(15)23-21(16)25/h4-5,7-8,10-12H,6,9H2,1-3H3,(H,22,24)(H,23,25). The number of benzene rings is 2. The van der Waals surface area contributed by atoms with Gasteiger partial charge in [0, 0.05) is 23.7 Å². The Morgan fingerprint density at radius 2 is 1.92 bits per heavy atom. The average molecular weight is 350 g/mol. The number of hydrogen-bond donors (Lipinski definition) is 2. The van der Waals surface area contributed by atoms with Gasteiger partial charge in [-0.05, 0) is 55.5 Å². The maximum Gasteiger partial charge on any atom is 0.251 e. The van der Waals surface area contributed by atoms with E-state index in [2.05, 4.69) is 10.3 Å². The number of aromatic amines is 1. The first-order valence-electron chi connectivity index (χ1n) is 8.53. The van der Waals surface area contributed by atoms with Crippen LogP contribution in [0.5, 0.6) is 5.75 Å². The summed E-state index contributed by atoms with van der Waals surface area (Å²) in [6.07, 6.45) is 0.631. The fraction of sp³-hybridized carbons (Fsp3) is 0.238. The fourth-order valence-electron chi connectivity index (χ4n) is 2.95. The van der Waals surface area contributed by atoms with Crippen molar-refractivity contribution in [3.05, 3.63) is 69.5 Å². The minimum Gasteiger partial charge on any atom is -0.497 e. The topological polar surface area (TPSA) is 71.2 Å². The summed E-state index contributed by atoms with van der Waals surface area (Å²) in [7, 11) is 1.59. The zero-order valence-electron chi connectivity index (χ0n) is 15.2. The third-order valence-corrected chi connectivity index (χ3v) is 4.41. The smallest absolute Gasteiger partial charge is 0.251 e. The molecule has 2 aromatic carbocycles. The predicted octanol–water partition coefficient (Wildman–Crippen LogP) is 3.72. The number of ether oxygens (including phenoxy) is 1. The number of carbonyl (C=O) groups is 1. The van der Waals surface area contributed by atoms with Gasteiger partial charge >= 0.3 is 0 Å². The van der Waals surface area contributed by atoms with E-state index in [4.69, 9.17) is 4.74 Å². The first-order valence-corrected chi connectivity index (χ1v) is 8.53. The van der Waals surface area contributed by atoms with Crippen LogP contribution in [-0.4, -0.2) is 18.0 Å². The van der Waals surface area contributed by atoms with Gasteiger partial charge in [0.1, 0.15) is 5.75 Å². The predicted molar refractivity (Wildman–Crippen MR) is 104 cm³/mol. The van der Waals surface area contributed by atoms with Crippen LogP contribution in [0.1, 0.15) is 23.1 Å². The van der Waals surface area contributed by atoms with Gasteiger partial charge in [0.25, 0.3) is 5.56 Å². The van der Waals surface area contributed by atoms with Crippen molar-refractivity contribution in [1.29, 1.82) is 0 Å². The maximum absolute atomic E-state index is 12.3. The summed E-state index contributed by atoms with van der Waals surface area (Å²) >= 11 is 0. The molecule has 5 heteroatoms. The molecule has 2 N–H and O–H groups in total. The van der Waals surface area contributed by atoms with Crippen LogP contribution in [0.4, 0.5) is 5.69 Å². The Labute approximate surface area is 152 Å². The summed E-state index contributed by atoms with van der Waals surface area (Å²) in [6.45, 7) is 3.98. The second-order valence-corrected chi connectivity index (χ2v) is 6.44. The highest BCUT2D eigenvalue weighted by Crippen LogP contribution is 2.19. The molecule has 3 aromatic rings. The van der Waals surface area contributed by atoms with E-state index < -0.39 is 0 Å². The van der Waals surface area contributed by atoms with Crippen molar-refractivity contribution in [2.45, 2.75) is 26.7 Å². The van der Waals surface area contributed by atoms with Crippen LogP contribution in [0.2, 0.25) is 0 Å². The summed E-state index contributed by atoms with van der Waals surface area (Å²) in [5, 5.41) is 3.82. The van der Waals surface area contributed by atoms with Gasteiger partial charge in [-0.2, -0.15) is 0 Å². The van der Waals surface area contributed by atoms with Crippen molar-refractivity contribution in [3.8, 4) is 5.75 Å². The summed E-state index contributed by atoms with van der Waals surface area (Å²) < 4.78 is 5.17. The first kappa shape index (κ1) is 17.7. The Kier molecular flexibility index (Phi) is 5.07. The maximum atomic E-state index is 12.3. The third-order valence-electron chi connectivity index (χ3n) is 4.41. The molecule has 0 aliphatic heterocycles. The number of amides is 1. The van der Waals surface area contributed by atoms with Gasteiger partial charge in [0.2, 0.25) is 5.91 Å². The van der Waals surface area contributed by atoms with Crippen molar-refractivity contribution < 1.29 is 9.53 Å². The zero-order valence-corrected chi connectivity index (χ0v) is 15.2. The lowest BCUT2D eigenvalue weighted by molar-refractivity contribution is -0.116. The Hall–Kier alpha value is -3.08. The van der Waals surface area contributed by atoms with Gasteiger partial charge in [-0.15, -0.1) is 0 Å². The molecule has 0 bridgehead atoms.